The quantitative estimate of drug-likeness (QED) is 0.916. The molecule has 1 amide bonds. The van der Waals surface area contributed by atoms with Crippen LogP contribution in [0.15, 0.2) is 24.5 Å². The minimum Gasteiger partial charge on any atom is -0.319 e. The number of hydrogen-bond donors (Lipinski definition) is 2. The van der Waals surface area contributed by atoms with Crippen LogP contribution in [0.4, 0.5) is 5.69 Å². The molecule has 0 saturated carbocycles. The molecule has 2 N–H and O–H groups in total. The first-order valence-corrected chi connectivity index (χ1v) is 7.73. The Balaban J connectivity index is 1.66. The van der Waals surface area contributed by atoms with Crippen LogP contribution >= 0.6 is 22.9 Å². The van der Waals surface area contributed by atoms with Crippen molar-refractivity contribution in [3.63, 3.8) is 0 Å². The van der Waals surface area contributed by atoms with Gasteiger partial charge >= 0.3 is 0 Å². The van der Waals surface area contributed by atoms with Crippen molar-refractivity contribution in [3.05, 3.63) is 33.7 Å². The average molecular weight is 311 g/mol. The third-order valence-corrected chi connectivity index (χ3v) is 4.57. The van der Waals surface area contributed by atoms with E-state index in [1.165, 1.54) is 11.3 Å². The zero-order valence-corrected chi connectivity index (χ0v) is 12.4. The molecule has 7 heteroatoms. The van der Waals surface area contributed by atoms with Gasteiger partial charge in [-0.05, 0) is 38.1 Å². The zero-order valence-electron chi connectivity index (χ0n) is 10.8. The monoisotopic (exact) mass is 310 g/mol. The smallest absolute Gasteiger partial charge is 0.265 e. The predicted molar refractivity (Wildman–Crippen MR) is 80.6 cm³/mol. The lowest BCUT2D eigenvalue weighted by Crippen LogP contribution is -2.29. The van der Waals surface area contributed by atoms with E-state index in [0.29, 0.717) is 15.3 Å². The Labute approximate surface area is 125 Å². The molecule has 0 bridgehead atoms. The number of thiophene rings is 1. The van der Waals surface area contributed by atoms with E-state index in [2.05, 4.69) is 15.7 Å². The summed E-state index contributed by atoms with van der Waals surface area (Å²) in [6.45, 7) is 2.03. The lowest BCUT2D eigenvalue weighted by Gasteiger charge is -2.22. The van der Waals surface area contributed by atoms with Gasteiger partial charge in [0.1, 0.15) is 0 Å². The Morgan fingerprint density at radius 2 is 2.25 bits per heavy atom. The number of amides is 1. The van der Waals surface area contributed by atoms with E-state index in [-0.39, 0.29) is 5.91 Å². The molecule has 3 heterocycles. The molecule has 0 atom stereocenters. The lowest BCUT2D eigenvalue weighted by atomic mass is 10.1. The molecule has 0 spiro atoms. The molecule has 1 saturated heterocycles. The molecule has 106 valence electrons. The number of carbonyl (C=O) groups excluding carboxylic acids is 1. The van der Waals surface area contributed by atoms with Crippen molar-refractivity contribution in [2.45, 2.75) is 18.9 Å². The molecule has 0 aliphatic carbocycles. The molecule has 0 aromatic carbocycles. The molecule has 2 aromatic heterocycles. The molecule has 20 heavy (non-hydrogen) atoms. The highest BCUT2D eigenvalue weighted by molar-refractivity contribution is 7.18. The summed E-state index contributed by atoms with van der Waals surface area (Å²) in [5.41, 5.74) is 0.720. The number of aromatic nitrogens is 2. The number of piperidine rings is 1. The van der Waals surface area contributed by atoms with E-state index >= 15 is 0 Å². The van der Waals surface area contributed by atoms with Crippen molar-refractivity contribution < 1.29 is 4.79 Å². The van der Waals surface area contributed by atoms with Gasteiger partial charge in [-0.3, -0.25) is 9.48 Å². The molecule has 1 fully saturated rings. The Hall–Kier alpha value is -1.37. The molecular formula is C13H15ClN4OS. The van der Waals surface area contributed by atoms with Crippen LogP contribution in [0.3, 0.4) is 0 Å². The van der Waals surface area contributed by atoms with E-state index < -0.39 is 0 Å². The molecule has 1 aliphatic heterocycles. The number of halogens is 1. The van der Waals surface area contributed by atoms with Crippen LogP contribution in [0.25, 0.3) is 0 Å². The largest absolute Gasteiger partial charge is 0.319 e. The second kappa shape index (κ2) is 5.95. The van der Waals surface area contributed by atoms with Crippen LogP contribution in [0.2, 0.25) is 4.34 Å². The predicted octanol–water partition coefficient (Wildman–Crippen LogP) is 2.77. The van der Waals surface area contributed by atoms with E-state index in [1.807, 2.05) is 10.9 Å². The number of carbonyl (C=O) groups is 1. The standard InChI is InChI=1S/C13H15ClN4OS/c14-12-2-1-11(20-12)13(19)17-9-7-16-18(8-9)10-3-5-15-6-4-10/h1-2,7-8,10,15H,3-6H2,(H,17,19). The second-order valence-corrected chi connectivity index (χ2v) is 6.46. The molecular weight excluding hydrogens is 296 g/mol. The fraction of sp³-hybridized carbons (Fsp3) is 0.385. The van der Waals surface area contributed by atoms with Gasteiger partial charge in [0.05, 0.1) is 27.1 Å². The maximum atomic E-state index is 12.0. The van der Waals surface area contributed by atoms with Crippen molar-refractivity contribution in [1.29, 1.82) is 0 Å². The first-order chi connectivity index (χ1) is 9.72. The van der Waals surface area contributed by atoms with Gasteiger partial charge in [0.25, 0.3) is 5.91 Å². The minimum absolute atomic E-state index is 0.147. The summed E-state index contributed by atoms with van der Waals surface area (Å²) in [4.78, 5) is 12.6. The van der Waals surface area contributed by atoms with Gasteiger partial charge in [0, 0.05) is 6.20 Å². The SMILES string of the molecule is O=C(Nc1cnn(C2CCNCC2)c1)c1ccc(Cl)s1. The van der Waals surface area contributed by atoms with Crippen LogP contribution in [-0.4, -0.2) is 28.8 Å². The fourth-order valence-electron chi connectivity index (χ4n) is 2.30. The third kappa shape index (κ3) is 3.03. The number of hydrogen-bond acceptors (Lipinski definition) is 4. The fourth-order valence-corrected chi connectivity index (χ4v) is 3.24. The van der Waals surface area contributed by atoms with Crippen LogP contribution in [0, 0.1) is 0 Å². The normalized spacial score (nSPS) is 16.2. The average Bonchev–Trinajstić information content (AvgIpc) is 3.09. The summed E-state index contributed by atoms with van der Waals surface area (Å²) >= 11 is 7.10. The van der Waals surface area contributed by atoms with Crippen LogP contribution in [0.5, 0.6) is 0 Å². The number of anilines is 1. The van der Waals surface area contributed by atoms with Gasteiger partial charge in [0.2, 0.25) is 0 Å². The van der Waals surface area contributed by atoms with Gasteiger partial charge < -0.3 is 10.6 Å². The van der Waals surface area contributed by atoms with Crippen LogP contribution < -0.4 is 10.6 Å². The molecule has 3 rings (SSSR count). The molecule has 5 nitrogen and oxygen atoms in total. The van der Waals surface area contributed by atoms with Crippen LogP contribution in [0.1, 0.15) is 28.6 Å². The van der Waals surface area contributed by atoms with Gasteiger partial charge in [-0.15, -0.1) is 11.3 Å². The van der Waals surface area contributed by atoms with Crippen LogP contribution in [-0.2, 0) is 0 Å². The highest BCUT2D eigenvalue weighted by Crippen LogP contribution is 2.23. The molecule has 2 aromatic rings. The highest BCUT2D eigenvalue weighted by atomic mass is 35.5. The maximum Gasteiger partial charge on any atom is 0.265 e. The highest BCUT2D eigenvalue weighted by Gasteiger charge is 2.16. The Bertz CT molecular complexity index is 603. The lowest BCUT2D eigenvalue weighted by molar-refractivity contribution is 0.103. The summed E-state index contributed by atoms with van der Waals surface area (Å²) in [6, 6.07) is 3.86. The van der Waals surface area contributed by atoms with Gasteiger partial charge in [0.15, 0.2) is 0 Å². The van der Waals surface area contributed by atoms with Crippen molar-refractivity contribution in [2.75, 3.05) is 18.4 Å². The van der Waals surface area contributed by atoms with E-state index in [4.69, 9.17) is 11.6 Å². The molecule has 1 aliphatic rings. The van der Waals surface area contributed by atoms with Crippen molar-refractivity contribution in [1.82, 2.24) is 15.1 Å². The summed E-state index contributed by atoms with van der Waals surface area (Å²) < 4.78 is 2.55. The number of nitrogens with zero attached hydrogens (tertiary/aromatic N) is 2. The first kappa shape index (κ1) is 13.6. The van der Waals surface area contributed by atoms with Gasteiger partial charge in [-0.1, -0.05) is 11.6 Å². The Morgan fingerprint density at radius 1 is 1.45 bits per heavy atom. The minimum atomic E-state index is -0.147. The summed E-state index contributed by atoms with van der Waals surface area (Å²) in [5, 5.41) is 10.5. The summed E-state index contributed by atoms with van der Waals surface area (Å²) in [6.07, 6.45) is 5.71. The zero-order chi connectivity index (χ0) is 13.9. The van der Waals surface area contributed by atoms with Crippen molar-refractivity contribution in [2.24, 2.45) is 0 Å². The topological polar surface area (TPSA) is 59.0 Å². The van der Waals surface area contributed by atoms with E-state index in [9.17, 15) is 4.79 Å². The summed E-state index contributed by atoms with van der Waals surface area (Å²) in [7, 11) is 0. The first-order valence-electron chi connectivity index (χ1n) is 6.54. The van der Waals surface area contributed by atoms with E-state index in [0.717, 1.165) is 31.6 Å². The van der Waals surface area contributed by atoms with Crippen molar-refractivity contribution in [3.8, 4) is 0 Å². The second-order valence-electron chi connectivity index (χ2n) is 4.75. The van der Waals surface area contributed by atoms with E-state index in [1.54, 1.807) is 18.3 Å². The number of rotatable bonds is 3. The third-order valence-electron chi connectivity index (χ3n) is 3.34. The Kier molecular flexibility index (Phi) is 4.05. The molecule has 0 unspecified atom stereocenters. The van der Waals surface area contributed by atoms with Crippen molar-refractivity contribution >= 4 is 34.5 Å². The summed E-state index contributed by atoms with van der Waals surface area (Å²) in [5.74, 6) is -0.147. The maximum absolute atomic E-state index is 12.0. The molecule has 0 radical (unpaired) electrons. The van der Waals surface area contributed by atoms with Gasteiger partial charge in [-0.25, -0.2) is 0 Å². The Morgan fingerprint density at radius 3 is 2.95 bits per heavy atom. The van der Waals surface area contributed by atoms with Gasteiger partial charge in [-0.2, -0.15) is 5.10 Å². The number of nitrogens with one attached hydrogen (secondary N) is 2.